The molecule has 5 heterocycles. The number of morpholine rings is 1. The van der Waals surface area contributed by atoms with E-state index in [4.69, 9.17) is 19.3 Å². The number of ether oxygens (including phenoxy) is 3. The van der Waals surface area contributed by atoms with Crippen LogP contribution in [0.15, 0.2) is 49.3 Å². The molecule has 5 aromatic rings. The van der Waals surface area contributed by atoms with Crippen LogP contribution in [0.5, 0.6) is 11.6 Å². The lowest BCUT2D eigenvalue weighted by atomic mass is 9.89. The van der Waals surface area contributed by atoms with Crippen molar-refractivity contribution in [3.05, 3.63) is 64.8 Å². The molecule has 266 valence electrons. The number of aromatic nitrogens is 9. The van der Waals surface area contributed by atoms with Gasteiger partial charge in [0, 0.05) is 43.3 Å². The van der Waals surface area contributed by atoms with Gasteiger partial charge in [0.05, 0.1) is 46.4 Å². The summed E-state index contributed by atoms with van der Waals surface area (Å²) in [4.78, 5) is 17.2. The number of hydrogen-bond acceptors (Lipinski definition) is 14. The molecule has 16 heteroatoms. The van der Waals surface area contributed by atoms with Crippen molar-refractivity contribution in [2.45, 2.75) is 96.9 Å². The van der Waals surface area contributed by atoms with Gasteiger partial charge in [-0.3, -0.25) is 9.58 Å². The van der Waals surface area contributed by atoms with E-state index < -0.39 is 0 Å². The van der Waals surface area contributed by atoms with Gasteiger partial charge in [0.25, 0.3) is 5.88 Å². The molecule has 15 nitrogen and oxygen atoms in total. The number of tetrazole rings is 1. The van der Waals surface area contributed by atoms with E-state index in [0.29, 0.717) is 48.0 Å². The second kappa shape index (κ2) is 15.5. The first kappa shape index (κ1) is 34.5. The van der Waals surface area contributed by atoms with Crippen molar-refractivity contribution in [3.8, 4) is 28.8 Å². The minimum atomic E-state index is -0.274. The zero-order chi connectivity index (χ0) is 35.3. The summed E-state index contributed by atoms with van der Waals surface area (Å²) in [5.74, 6) is 1.37. The summed E-state index contributed by atoms with van der Waals surface area (Å²) < 4.78 is 22.0. The smallest absolute Gasteiger partial charge is 0.257 e. The number of hydrogen-bond donors (Lipinski definition) is 1. The Balaban J connectivity index is 1.05. The van der Waals surface area contributed by atoms with Crippen LogP contribution in [-0.4, -0.2) is 87.3 Å². The molecule has 7 rings (SSSR count). The van der Waals surface area contributed by atoms with Crippen molar-refractivity contribution >= 4 is 23.0 Å². The van der Waals surface area contributed by atoms with Crippen LogP contribution in [0.1, 0.15) is 67.9 Å². The average Bonchev–Trinajstić information content (AvgIpc) is 3.89. The number of benzene rings is 1. The molecule has 0 unspecified atom stereocenters. The summed E-state index contributed by atoms with van der Waals surface area (Å²) in [5, 5.41) is 30.2. The third kappa shape index (κ3) is 8.50. The molecule has 0 radical (unpaired) electrons. The molecule has 1 aromatic carbocycles. The zero-order valence-electron chi connectivity index (χ0n) is 29.2. The summed E-state index contributed by atoms with van der Waals surface area (Å²) in [6.45, 7) is 11.0. The highest BCUT2D eigenvalue weighted by Gasteiger charge is 2.32. The number of nitriles is 1. The fraction of sp³-hybridized carbons (Fsp3) is 0.486. The molecule has 1 N–H and O–H groups in total. The number of thiazole rings is 1. The van der Waals surface area contributed by atoms with E-state index in [1.807, 2.05) is 43.1 Å². The van der Waals surface area contributed by atoms with Crippen molar-refractivity contribution < 1.29 is 14.2 Å². The highest BCUT2D eigenvalue weighted by molar-refractivity contribution is 7.11. The van der Waals surface area contributed by atoms with Gasteiger partial charge in [0.2, 0.25) is 5.95 Å². The lowest BCUT2D eigenvalue weighted by molar-refractivity contribution is -0.0852. The minimum absolute atomic E-state index is 0.267. The number of rotatable bonds is 12. The topological polar surface area (TPSA) is 167 Å². The molecule has 51 heavy (non-hydrogen) atoms. The molecule has 1 saturated heterocycles. The Labute approximate surface area is 300 Å². The summed E-state index contributed by atoms with van der Waals surface area (Å²) in [6, 6.07) is 8.46. The summed E-state index contributed by atoms with van der Waals surface area (Å²) in [7, 11) is 0. The maximum absolute atomic E-state index is 9.69. The van der Waals surface area contributed by atoms with Gasteiger partial charge >= 0.3 is 0 Å². The Morgan fingerprint density at radius 2 is 1.80 bits per heavy atom. The van der Waals surface area contributed by atoms with Gasteiger partial charge in [-0.2, -0.15) is 5.26 Å². The van der Waals surface area contributed by atoms with Gasteiger partial charge in [0.1, 0.15) is 36.5 Å². The SMILES string of the molecule is Cc1ncc(COc2nn([C@H]3CC[C@H](N4C[C@@H](C)O[C@@H](C)C4)CC3)cc2Nc2ncc(-c3ccc(C#N)c(O[C@@H](C)Cn4cnnn4)c3)cn2)s1. The first-order valence-electron chi connectivity index (χ1n) is 17.3. The number of aryl methyl sites for hydroxylation is 1. The van der Waals surface area contributed by atoms with Crippen LogP contribution in [0.4, 0.5) is 11.6 Å². The monoisotopic (exact) mass is 710 g/mol. The van der Waals surface area contributed by atoms with Gasteiger partial charge < -0.3 is 19.5 Å². The van der Waals surface area contributed by atoms with E-state index in [0.717, 1.165) is 59.8 Å². The average molecular weight is 711 g/mol. The quantitative estimate of drug-likeness (QED) is 0.176. The Hall–Kier alpha value is -4.98. The summed E-state index contributed by atoms with van der Waals surface area (Å²) in [6.07, 6.45) is 13.4. The van der Waals surface area contributed by atoms with E-state index in [1.54, 1.807) is 34.5 Å². The van der Waals surface area contributed by atoms with Crippen LogP contribution in [0.25, 0.3) is 11.1 Å². The molecule has 4 aromatic heterocycles. The van der Waals surface area contributed by atoms with Gasteiger partial charge in [-0.1, -0.05) is 6.07 Å². The van der Waals surface area contributed by atoms with Crippen molar-refractivity contribution in [1.82, 2.24) is 49.8 Å². The second-order valence-electron chi connectivity index (χ2n) is 13.3. The predicted molar refractivity (Wildman–Crippen MR) is 190 cm³/mol. The highest BCUT2D eigenvalue weighted by atomic mass is 32.1. The molecule has 0 bridgehead atoms. The largest absolute Gasteiger partial charge is 0.487 e. The van der Waals surface area contributed by atoms with Crippen LogP contribution in [0, 0.1) is 18.3 Å². The van der Waals surface area contributed by atoms with Crippen LogP contribution < -0.4 is 14.8 Å². The number of nitrogens with one attached hydrogen (secondary N) is 1. The maximum atomic E-state index is 9.69. The first-order valence-corrected chi connectivity index (χ1v) is 18.1. The molecule has 2 fully saturated rings. The highest BCUT2D eigenvalue weighted by Crippen LogP contribution is 2.36. The van der Waals surface area contributed by atoms with Crippen LogP contribution in [-0.2, 0) is 17.9 Å². The fourth-order valence-electron chi connectivity index (χ4n) is 6.91. The van der Waals surface area contributed by atoms with Crippen LogP contribution in [0.2, 0.25) is 0 Å². The van der Waals surface area contributed by atoms with Crippen LogP contribution >= 0.6 is 11.3 Å². The van der Waals surface area contributed by atoms with Gasteiger partial charge in [-0.05, 0) is 81.5 Å². The molecule has 1 aliphatic heterocycles. The Bertz CT molecular complexity index is 1920. The second-order valence-corrected chi connectivity index (χ2v) is 14.7. The maximum Gasteiger partial charge on any atom is 0.257 e. The van der Waals surface area contributed by atoms with Crippen molar-refractivity contribution in [2.75, 3.05) is 18.4 Å². The van der Waals surface area contributed by atoms with Gasteiger partial charge in [-0.25, -0.2) is 19.6 Å². The predicted octanol–water partition coefficient (Wildman–Crippen LogP) is 5.35. The van der Waals surface area contributed by atoms with E-state index in [-0.39, 0.29) is 24.4 Å². The summed E-state index contributed by atoms with van der Waals surface area (Å²) >= 11 is 1.61. The molecular formula is C35H42N12O3S. The molecule has 0 amide bonds. The van der Waals surface area contributed by atoms with Crippen molar-refractivity contribution in [2.24, 2.45) is 0 Å². The summed E-state index contributed by atoms with van der Waals surface area (Å²) in [5.41, 5.74) is 2.72. The van der Waals surface area contributed by atoms with Crippen LogP contribution in [0.3, 0.4) is 0 Å². The minimum Gasteiger partial charge on any atom is -0.487 e. The Morgan fingerprint density at radius 3 is 2.49 bits per heavy atom. The molecule has 1 aliphatic carbocycles. The number of nitrogens with zero attached hydrogens (tertiary/aromatic N) is 11. The first-order chi connectivity index (χ1) is 24.8. The standard InChI is InChI=1S/C35H42N12O3S/c1-22-16-45(17-23(2)49-22)29-7-9-30(10-8-29)47-19-32(34(42-47)48-20-31-15-37-25(4)51-31)41-35-38-13-28(14-39-35)26-5-6-27(12-36)33(11-26)50-24(3)18-46-21-40-43-44-46/h5-6,11,13-15,19,21-24,29-30H,7-10,16-18,20H2,1-4H3,(H,38,39,41)/t22-,23+,24-,29-,30-/m0/s1. The lowest BCUT2D eigenvalue weighted by Gasteiger charge is -2.42. The van der Waals surface area contributed by atoms with Gasteiger partial charge in [0.15, 0.2) is 0 Å². The van der Waals surface area contributed by atoms with E-state index >= 15 is 0 Å². The lowest BCUT2D eigenvalue weighted by Crippen LogP contribution is -2.51. The molecular weight excluding hydrogens is 669 g/mol. The van der Waals surface area contributed by atoms with E-state index in [1.165, 1.54) is 6.33 Å². The van der Waals surface area contributed by atoms with Crippen molar-refractivity contribution in [3.63, 3.8) is 0 Å². The third-order valence-electron chi connectivity index (χ3n) is 9.22. The molecule has 2 aliphatic rings. The normalized spacial score (nSPS) is 21.5. The van der Waals surface area contributed by atoms with Gasteiger partial charge in [-0.15, -0.1) is 21.5 Å². The van der Waals surface area contributed by atoms with Crippen molar-refractivity contribution in [1.29, 1.82) is 5.26 Å². The Kier molecular flexibility index (Phi) is 10.5. The van der Waals surface area contributed by atoms with E-state index in [9.17, 15) is 5.26 Å². The molecule has 3 atom stereocenters. The number of anilines is 2. The molecule has 1 saturated carbocycles. The van der Waals surface area contributed by atoms with E-state index in [2.05, 4.69) is 60.6 Å². The molecule has 0 spiro atoms. The third-order valence-corrected chi connectivity index (χ3v) is 10.1. The zero-order valence-corrected chi connectivity index (χ0v) is 30.0. The Morgan fingerprint density at radius 1 is 1.04 bits per heavy atom. The fourth-order valence-corrected chi connectivity index (χ4v) is 7.61.